The Balaban J connectivity index is 0.000000211. The van der Waals surface area contributed by atoms with Crippen molar-refractivity contribution in [2.45, 2.75) is 40.2 Å². The molecule has 0 saturated carbocycles. The fourth-order valence-corrected chi connectivity index (χ4v) is 0.975. The molecular weight excluding hydrogens is 150 g/mol. The number of rotatable bonds is 4. The lowest BCUT2D eigenvalue weighted by Crippen LogP contribution is -2.21. The van der Waals surface area contributed by atoms with E-state index < -0.39 is 0 Å². The second kappa shape index (κ2) is 7.56. The van der Waals surface area contributed by atoms with Crippen LogP contribution in [-0.2, 0) is 4.74 Å². The normalized spacial score (nSPS) is 20.2. The van der Waals surface area contributed by atoms with E-state index in [1.165, 1.54) is 26.1 Å². The van der Waals surface area contributed by atoms with Crippen LogP contribution in [0.5, 0.6) is 0 Å². The zero-order chi connectivity index (χ0) is 9.40. The lowest BCUT2D eigenvalue weighted by Gasteiger charge is -2.13. The fraction of sp³-hybridized carbons (Fsp3) is 1.00. The lowest BCUT2D eigenvalue weighted by molar-refractivity contribution is 0.321. The predicted molar refractivity (Wildman–Crippen MR) is 53.5 cm³/mol. The van der Waals surface area contributed by atoms with Gasteiger partial charge in [0.2, 0.25) is 0 Å². The molecule has 1 fully saturated rings. The average molecular weight is 173 g/mol. The molecule has 2 heteroatoms. The quantitative estimate of drug-likeness (QED) is 0.605. The fourth-order valence-electron chi connectivity index (χ4n) is 0.975. The minimum Gasteiger partial charge on any atom is -0.373 e. The first kappa shape index (κ1) is 11.9. The lowest BCUT2D eigenvalue weighted by atomic mass is 10.4. The summed E-state index contributed by atoms with van der Waals surface area (Å²) in [5.74, 6) is 0. The SMILES string of the molecule is CCC1CO1.CCN(CC)CC. The molecule has 0 radical (unpaired) electrons. The molecule has 74 valence electrons. The highest BCUT2D eigenvalue weighted by molar-refractivity contribution is 4.64. The summed E-state index contributed by atoms with van der Waals surface area (Å²) in [6.45, 7) is 13.3. The first-order valence-electron chi connectivity index (χ1n) is 5.12. The van der Waals surface area contributed by atoms with Crippen molar-refractivity contribution in [3.63, 3.8) is 0 Å². The van der Waals surface area contributed by atoms with E-state index in [9.17, 15) is 0 Å². The summed E-state index contributed by atoms with van der Waals surface area (Å²) in [5, 5.41) is 0. The Bertz CT molecular complexity index is 82.3. The molecule has 0 N–H and O–H groups in total. The van der Waals surface area contributed by atoms with Crippen LogP contribution in [-0.4, -0.2) is 37.2 Å². The van der Waals surface area contributed by atoms with Gasteiger partial charge >= 0.3 is 0 Å². The van der Waals surface area contributed by atoms with Crippen molar-refractivity contribution in [3.8, 4) is 0 Å². The van der Waals surface area contributed by atoms with E-state index in [0.29, 0.717) is 6.10 Å². The molecule has 0 aliphatic carbocycles. The van der Waals surface area contributed by atoms with Crippen molar-refractivity contribution in [1.29, 1.82) is 0 Å². The van der Waals surface area contributed by atoms with Crippen LogP contribution in [0.1, 0.15) is 34.1 Å². The first-order chi connectivity index (χ1) is 5.78. The molecule has 1 heterocycles. The molecule has 0 amide bonds. The number of hydrogen-bond acceptors (Lipinski definition) is 2. The Morgan fingerprint density at radius 3 is 1.50 bits per heavy atom. The van der Waals surface area contributed by atoms with E-state index in [1.807, 2.05) is 0 Å². The molecule has 0 spiro atoms. The van der Waals surface area contributed by atoms with Gasteiger partial charge in [-0.15, -0.1) is 0 Å². The molecule has 1 saturated heterocycles. The van der Waals surface area contributed by atoms with E-state index in [2.05, 4.69) is 32.6 Å². The molecule has 0 bridgehead atoms. The van der Waals surface area contributed by atoms with E-state index in [0.717, 1.165) is 6.61 Å². The van der Waals surface area contributed by atoms with Crippen LogP contribution in [0.4, 0.5) is 0 Å². The minimum atomic E-state index is 0.634. The molecule has 12 heavy (non-hydrogen) atoms. The predicted octanol–water partition coefficient (Wildman–Crippen LogP) is 2.14. The van der Waals surface area contributed by atoms with Gasteiger partial charge in [0, 0.05) is 0 Å². The van der Waals surface area contributed by atoms with E-state index >= 15 is 0 Å². The monoisotopic (exact) mass is 173 g/mol. The number of nitrogens with zero attached hydrogens (tertiary/aromatic N) is 1. The van der Waals surface area contributed by atoms with E-state index in [4.69, 9.17) is 4.74 Å². The zero-order valence-corrected chi connectivity index (χ0v) is 8.97. The maximum atomic E-state index is 4.86. The molecule has 1 atom stereocenters. The number of ether oxygens (including phenoxy) is 1. The maximum Gasteiger partial charge on any atom is 0.0807 e. The third-order valence-electron chi connectivity index (χ3n) is 2.20. The van der Waals surface area contributed by atoms with Crippen molar-refractivity contribution in [2.24, 2.45) is 0 Å². The van der Waals surface area contributed by atoms with Gasteiger partial charge < -0.3 is 9.64 Å². The third-order valence-corrected chi connectivity index (χ3v) is 2.20. The third kappa shape index (κ3) is 6.62. The van der Waals surface area contributed by atoms with Crippen LogP contribution < -0.4 is 0 Å². The molecule has 0 aromatic carbocycles. The van der Waals surface area contributed by atoms with E-state index in [-0.39, 0.29) is 0 Å². The highest BCUT2D eigenvalue weighted by Gasteiger charge is 2.18. The Labute approximate surface area is 76.9 Å². The topological polar surface area (TPSA) is 15.8 Å². The molecule has 1 aliphatic rings. The van der Waals surface area contributed by atoms with Crippen molar-refractivity contribution in [2.75, 3.05) is 26.2 Å². The Morgan fingerprint density at radius 1 is 1.08 bits per heavy atom. The molecule has 0 aromatic rings. The molecule has 1 aliphatic heterocycles. The maximum absolute atomic E-state index is 4.86. The summed E-state index contributed by atoms with van der Waals surface area (Å²) in [7, 11) is 0. The smallest absolute Gasteiger partial charge is 0.0807 e. The van der Waals surface area contributed by atoms with Crippen LogP contribution >= 0.6 is 0 Å². The van der Waals surface area contributed by atoms with E-state index in [1.54, 1.807) is 0 Å². The molecular formula is C10H23NO. The van der Waals surface area contributed by atoms with Gasteiger partial charge in [-0.3, -0.25) is 0 Å². The minimum absolute atomic E-state index is 0.634. The van der Waals surface area contributed by atoms with Crippen molar-refractivity contribution >= 4 is 0 Å². The van der Waals surface area contributed by atoms with Crippen LogP contribution in [0.2, 0.25) is 0 Å². The van der Waals surface area contributed by atoms with Crippen LogP contribution in [0.15, 0.2) is 0 Å². The first-order valence-corrected chi connectivity index (χ1v) is 5.12. The zero-order valence-electron chi connectivity index (χ0n) is 8.97. The largest absolute Gasteiger partial charge is 0.373 e. The standard InChI is InChI=1S/C6H15N.C4H8O/c1-4-7(5-2)6-3;1-2-4-3-5-4/h4-6H2,1-3H3;4H,2-3H2,1H3. The summed E-state index contributed by atoms with van der Waals surface area (Å²) < 4.78 is 4.86. The van der Waals surface area contributed by atoms with Gasteiger partial charge in [0.1, 0.15) is 0 Å². The van der Waals surface area contributed by atoms with Crippen molar-refractivity contribution in [1.82, 2.24) is 4.90 Å². The van der Waals surface area contributed by atoms with Gasteiger partial charge in [-0.25, -0.2) is 0 Å². The van der Waals surface area contributed by atoms with Crippen LogP contribution in [0.3, 0.4) is 0 Å². The van der Waals surface area contributed by atoms with Gasteiger partial charge in [-0.1, -0.05) is 27.7 Å². The van der Waals surface area contributed by atoms with Crippen molar-refractivity contribution in [3.05, 3.63) is 0 Å². The summed E-state index contributed by atoms with van der Waals surface area (Å²) in [4.78, 5) is 2.38. The van der Waals surface area contributed by atoms with Crippen LogP contribution in [0, 0.1) is 0 Å². The van der Waals surface area contributed by atoms with Gasteiger partial charge in [0.15, 0.2) is 0 Å². The molecule has 1 rings (SSSR count). The Hall–Kier alpha value is -0.0800. The molecule has 2 nitrogen and oxygen atoms in total. The van der Waals surface area contributed by atoms with Crippen LogP contribution in [0.25, 0.3) is 0 Å². The summed E-state index contributed by atoms with van der Waals surface area (Å²) in [5.41, 5.74) is 0. The van der Waals surface area contributed by atoms with Crippen molar-refractivity contribution < 1.29 is 4.74 Å². The Morgan fingerprint density at radius 2 is 1.50 bits per heavy atom. The summed E-state index contributed by atoms with van der Waals surface area (Å²) in [6, 6.07) is 0. The highest BCUT2D eigenvalue weighted by atomic mass is 16.6. The van der Waals surface area contributed by atoms with Gasteiger partial charge in [-0.05, 0) is 26.1 Å². The summed E-state index contributed by atoms with van der Waals surface area (Å²) in [6.07, 6.45) is 1.83. The average Bonchev–Trinajstić information content (AvgIpc) is 2.91. The van der Waals surface area contributed by atoms with Gasteiger partial charge in [0.25, 0.3) is 0 Å². The molecule has 0 aromatic heterocycles. The number of hydrogen-bond donors (Lipinski definition) is 0. The highest BCUT2D eigenvalue weighted by Crippen LogP contribution is 2.10. The second-order valence-electron chi connectivity index (χ2n) is 2.98. The number of epoxide rings is 1. The summed E-state index contributed by atoms with van der Waals surface area (Å²) >= 11 is 0. The second-order valence-corrected chi connectivity index (χ2v) is 2.98. The van der Waals surface area contributed by atoms with Gasteiger partial charge in [-0.2, -0.15) is 0 Å². The Kier molecular flexibility index (Phi) is 7.51. The molecule has 1 unspecified atom stereocenters. The van der Waals surface area contributed by atoms with Gasteiger partial charge in [0.05, 0.1) is 12.7 Å².